The van der Waals surface area contributed by atoms with Gasteiger partial charge in [0.25, 0.3) is 5.91 Å². The van der Waals surface area contributed by atoms with Gasteiger partial charge in [0, 0.05) is 17.9 Å². The van der Waals surface area contributed by atoms with E-state index in [0.29, 0.717) is 44.2 Å². The highest BCUT2D eigenvalue weighted by atomic mass is 35.5. The maximum absolute atomic E-state index is 13.1. The van der Waals surface area contributed by atoms with Gasteiger partial charge in [0.2, 0.25) is 5.95 Å². The Morgan fingerprint density at radius 2 is 1.90 bits per heavy atom. The first kappa shape index (κ1) is 20.6. The number of nitrogens with one attached hydrogen (secondary N) is 2. The minimum Gasteiger partial charge on any atom is -0.324 e. The Kier molecular flexibility index (Phi) is 5.52. The van der Waals surface area contributed by atoms with Crippen molar-refractivity contribution < 1.29 is 4.79 Å². The number of hydrogen-bond donors (Lipinski definition) is 2. The van der Waals surface area contributed by atoms with Crippen LogP contribution in [0.4, 0.5) is 17.3 Å². The Morgan fingerprint density at radius 1 is 1.13 bits per heavy atom. The molecule has 2 aromatic carbocycles. The first-order valence-corrected chi connectivity index (χ1v) is 11.6. The summed E-state index contributed by atoms with van der Waals surface area (Å²) in [5.41, 5.74) is 4.58. The summed E-state index contributed by atoms with van der Waals surface area (Å²) >= 11 is 14.0. The molecule has 0 fully saturated rings. The highest BCUT2D eigenvalue weighted by molar-refractivity contribution is 7.99. The van der Waals surface area contributed by atoms with E-state index in [1.54, 1.807) is 29.3 Å². The van der Waals surface area contributed by atoms with Gasteiger partial charge in [-0.25, -0.2) is 9.97 Å². The summed E-state index contributed by atoms with van der Waals surface area (Å²) < 4.78 is 0. The lowest BCUT2D eigenvalue weighted by molar-refractivity contribution is 0.0985. The zero-order valence-corrected chi connectivity index (χ0v) is 19.0. The number of anilines is 3. The molecular formula is C22H19Cl2N5OS. The van der Waals surface area contributed by atoms with Gasteiger partial charge < -0.3 is 10.6 Å². The van der Waals surface area contributed by atoms with Gasteiger partial charge >= 0.3 is 0 Å². The maximum Gasteiger partial charge on any atom is 0.263 e. The van der Waals surface area contributed by atoms with Crippen molar-refractivity contribution in [2.45, 2.75) is 23.9 Å². The normalized spacial score (nSPS) is 17.5. The van der Waals surface area contributed by atoms with E-state index < -0.39 is 0 Å². The molecule has 6 nitrogen and oxygen atoms in total. The lowest BCUT2D eigenvalue weighted by Gasteiger charge is -2.28. The molecular weight excluding hydrogens is 453 g/mol. The van der Waals surface area contributed by atoms with Crippen LogP contribution >= 0.6 is 35.0 Å². The number of benzene rings is 2. The van der Waals surface area contributed by atoms with Crippen molar-refractivity contribution in [2.75, 3.05) is 23.1 Å². The zero-order valence-electron chi connectivity index (χ0n) is 16.7. The molecule has 0 bridgehead atoms. The third kappa shape index (κ3) is 3.87. The maximum atomic E-state index is 13.1. The average Bonchev–Trinajstić information content (AvgIpc) is 3.18. The number of para-hydroxylation sites is 1. The molecule has 1 aliphatic carbocycles. The topological polar surface area (TPSA) is 70.2 Å². The van der Waals surface area contributed by atoms with Crippen LogP contribution in [0.3, 0.4) is 0 Å². The van der Waals surface area contributed by atoms with Crippen LogP contribution in [-0.4, -0.2) is 34.8 Å². The Balaban J connectivity index is 1.38. The fourth-order valence-electron chi connectivity index (χ4n) is 3.95. The number of hydrogen-bond acceptors (Lipinski definition) is 6. The Labute approximate surface area is 194 Å². The number of halogens is 2. The molecule has 158 valence electrons. The highest BCUT2D eigenvalue weighted by Gasteiger charge is 2.30. The van der Waals surface area contributed by atoms with Gasteiger partial charge in [0.15, 0.2) is 0 Å². The lowest BCUT2D eigenvalue weighted by atomic mass is 10.1. The summed E-state index contributed by atoms with van der Waals surface area (Å²) in [7, 11) is 2.00. The molecule has 1 unspecified atom stereocenters. The largest absolute Gasteiger partial charge is 0.324 e. The van der Waals surface area contributed by atoms with Crippen molar-refractivity contribution in [3.63, 3.8) is 0 Å². The van der Waals surface area contributed by atoms with E-state index in [9.17, 15) is 4.79 Å². The molecule has 0 saturated carbocycles. The van der Waals surface area contributed by atoms with Gasteiger partial charge in [-0.3, -0.25) is 9.69 Å². The molecule has 1 aliphatic heterocycles. The van der Waals surface area contributed by atoms with E-state index in [2.05, 4.69) is 32.7 Å². The quantitative estimate of drug-likeness (QED) is 0.526. The summed E-state index contributed by atoms with van der Waals surface area (Å²) in [5, 5.41) is 8.11. The minimum absolute atomic E-state index is 0.217. The Hall–Kier alpha value is -2.32. The molecule has 2 heterocycles. The van der Waals surface area contributed by atoms with Crippen molar-refractivity contribution in [3.8, 4) is 0 Å². The fourth-order valence-corrected chi connectivity index (χ4v) is 5.50. The number of rotatable bonds is 4. The number of carbonyl (C=O) groups excluding carboxylic acids is 1. The number of aromatic nitrogens is 2. The molecule has 9 heteroatoms. The van der Waals surface area contributed by atoms with Crippen LogP contribution in [0.15, 0.2) is 47.6 Å². The summed E-state index contributed by atoms with van der Waals surface area (Å²) in [4.78, 5) is 23.6. The van der Waals surface area contributed by atoms with E-state index >= 15 is 0 Å². The van der Waals surface area contributed by atoms with Gasteiger partial charge in [-0.15, -0.1) is 0 Å². The van der Waals surface area contributed by atoms with Crippen LogP contribution in [0.5, 0.6) is 0 Å². The number of thioether (sulfide) groups is 1. The first-order chi connectivity index (χ1) is 15.0. The van der Waals surface area contributed by atoms with Crippen molar-refractivity contribution >= 4 is 58.2 Å². The standard InChI is InChI=1S/C22H19Cl2N5OS/c1-25-15-7-12-5-6-14(8-13(12)9-15)27-22-26-10-16-20(28-22)31-11-29(21(16)30)19-17(23)3-2-4-18(19)24/h2-6,8,10,15,25H,7,9,11H2,1H3,(H,26,27,28). The summed E-state index contributed by atoms with van der Waals surface area (Å²) in [6, 6.07) is 12.0. The SMILES string of the molecule is CNC1Cc2ccc(Nc3ncc4c(n3)SCN(c3c(Cl)cccc3Cl)C4=O)cc2C1. The van der Waals surface area contributed by atoms with Gasteiger partial charge in [0.05, 0.1) is 27.2 Å². The minimum atomic E-state index is -0.217. The average molecular weight is 472 g/mol. The van der Waals surface area contributed by atoms with Crippen LogP contribution in [0, 0.1) is 0 Å². The van der Waals surface area contributed by atoms with Gasteiger partial charge in [-0.1, -0.05) is 47.1 Å². The van der Waals surface area contributed by atoms with E-state index in [4.69, 9.17) is 23.2 Å². The summed E-state index contributed by atoms with van der Waals surface area (Å²) in [6.07, 6.45) is 3.62. The molecule has 1 aromatic heterocycles. The van der Waals surface area contributed by atoms with Crippen LogP contribution in [0.1, 0.15) is 21.5 Å². The highest BCUT2D eigenvalue weighted by Crippen LogP contribution is 2.39. The van der Waals surface area contributed by atoms with E-state index in [1.165, 1.54) is 22.9 Å². The molecule has 1 amide bonds. The predicted molar refractivity (Wildman–Crippen MR) is 126 cm³/mol. The van der Waals surface area contributed by atoms with Crippen molar-refractivity contribution in [1.82, 2.24) is 15.3 Å². The summed E-state index contributed by atoms with van der Waals surface area (Å²) in [6.45, 7) is 0. The fraction of sp³-hybridized carbons (Fsp3) is 0.227. The van der Waals surface area contributed by atoms with Crippen LogP contribution in [-0.2, 0) is 12.8 Å². The molecule has 31 heavy (non-hydrogen) atoms. The third-order valence-electron chi connectivity index (χ3n) is 5.57. The molecule has 2 aliphatic rings. The number of amides is 1. The van der Waals surface area contributed by atoms with E-state index in [-0.39, 0.29) is 5.91 Å². The van der Waals surface area contributed by atoms with Gasteiger partial charge in [0.1, 0.15) is 5.03 Å². The van der Waals surface area contributed by atoms with Crippen molar-refractivity contribution in [2.24, 2.45) is 0 Å². The molecule has 2 N–H and O–H groups in total. The second kappa shape index (κ2) is 8.31. The lowest BCUT2D eigenvalue weighted by Crippen LogP contribution is -2.35. The Bertz CT molecular complexity index is 1170. The number of carbonyl (C=O) groups is 1. The monoisotopic (exact) mass is 471 g/mol. The molecule has 0 spiro atoms. The van der Waals surface area contributed by atoms with E-state index in [0.717, 1.165) is 18.5 Å². The van der Waals surface area contributed by atoms with Crippen LogP contribution in [0.25, 0.3) is 0 Å². The smallest absolute Gasteiger partial charge is 0.263 e. The number of fused-ring (bicyclic) bond motifs is 2. The molecule has 1 atom stereocenters. The van der Waals surface area contributed by atoms with Crippen LogP contribution < -0.4 is 15.5 Å². The second-order valence-electron chi connectivity index (χ2n) is 7.49. The predicted octanol–water partition coefficient (Wildman–Crippen LogP) is 4.92. The summed E-state index contributed by atoms with van der Waals surface area (Å²) in [5.74, 6) is 0.619. The zero-order chi connectivity index (χ0) is 21.5. The molecule has 5 rings (SSSR count). The van der Waals surface area contributed by atoms with Crippen molar-refractivity contribution in [3.05, 3.63) is 69.3 Å². The van der Waals surface area contributed by atoms with E-state index in [1.807, 2.05) is 13.1 Å². The van der Waals surface area contributed by atoms with Crippen molar-refractivity contribution in [1.29, 1.82) is 0 Å². The number of nitrogens with zero attached hydrogens (tertiary/aromatic N) is 3. The molecule has 0 saturated heterocycles. The first-order valence-electron chi connectivity index (χ1n) is 9.85. The second-order valence-corrected chi connectivity index (χ2v) is 9.24. The Morgan fingerprint density at radius 3 is 2.68 bits per heavy atom. The number of likely N-dealkylation sites (N-methyl/N-ethyl adjacent to an activating group) is 1. The molecule has 0 radical (unpaired) electrons. The molecule has 3 aromatic rings. The van der Waals surface area contributed by atoms with Gasteiger partial charge in [-0.05, 0) is 55.3 Å². The third-order valence-corrected chi connectivity index (χ3v) is 7.15. The van der Waals surface area contributed by atoms with Crippen LogP contribution in [0.2, 0.25) is 10.0 Å². The van der Waals surface area contributed by atoms with Gasteiger partial charge in [-0.2, -0.15) is 0 Å².